The lowest BCUT2D eigenvalue weighted by molar-refractivity contribution is 0.0600. The second kappa shape index (κ2) is 6.45. The first-order valence-electron chi connectivity index (χ1n) is 6.76. The van der Waals surface area contributed by atoms with Gasteiger partial charge in [-0.3, -0.25) is 9.36 Å². The summed E-state index contributed by atoms with van der Waals surface area (Å²) in [4.78, 5) is 32.3. The quantitative estimate of drug-likeness (QED) is 0.369. The smallest absolute Gasteiger partial charge is 0.337 e. The van der Waals surface area contributed by atoms with E-state index < -0.39 is 0 Å². The third-order valence-electron chi connectivity index (χ3n) is 3.40. The molecule has 7 heteroatoms. The Morgan fingerprint density at radius 3 is 2.70 bits per heavy atom. The van der Waals surface area contributed by atoms with Crippen LogP contribution in [0.5, 0.6) is 0 Å². The van der Waals surface area contributed by atoms with Crippen molar-refractivity contribution in [2.24, 2.45) is 0 Å². The number of fused-ring (bicyclic) bond motifs is 1. The molecule has 3 rings (SSSR count). The number of aromatic nitrogens is 3. The van der Waals surface area contributed by atoms with Crippen LogP contribution in [0.4, 0.5) is 0 Å². The molecule has 0 saturated carbocycles. The summed E-state index contributed by atoms with van der Waals surface area (Å²) in [7, 11) is 1.34. The SMILES string of the molecule is COC(=O)c1ccc(Cn2cnc3cnc(I)cc3c2=O)cc1. The van der Waals surface area contributed by atoms with Crippen molar-refractivity contribution in [3.8, 4) is 0 Å². The van der Waals surface area contributed by atoms with Gasteiger partial charge in [0.15, 0.2) is 0 Å². The first kappa shape index (κ1) is 15.6. The average molecular weight is 421 g/mol. The number of pyridine rings is 1. The van der Waals surface area contributed by atoms with Gasteiger partial charge in [0.2, 0.25) is 0 Å². The number of rotatable bonds is 3. The Morgan fingerprint density at radius 1 is 1.26 bits per heavy atom. The molecule has 0 aliphatic carbocycles. The largest absolute Gasteiger partial charge is 0.465 e. The van der Waals surface area contributed by atoms with Crippen molar-refractivity contribution in [2.75, 3.05) is 7.11 Å². The second-order valence-electron chi connectivity index (χ2n) is 4.89. The number of hydrogen-bond donors (Lipinski definition) is 0. The Labute approximate surface area is 145 Å². The van der Waals surface area contributed by atoms with E-state index in [0.29, 0.717) is 23.0 Å². The number of carbonyl (C=O) groups is 1. The fourth-order valence-electron chi connectivity index (χ4n) is 2.21. The van der Waals surface area contributed by atoms with Crippen LogP contribution in [0, 0.1) is 3.70 Å². The lowest BCUT2D eigenvalue weighted by Gasteiger charge is -2.07. The number of halogens is 1. The zero-order chi connectivity index (χ0) is 16.4. The van der Waals surface area contributed by atoms with Crippen LogP contribution in [0.1, 0.15) is 15.9 Å². The number of esters is 1. The Bertz CT molecular complexity index is 935. The fraction of sp³-hybridized carbons (Fsp3) is 0.125. The standard InChI is InChI=1S/C16H12IN3O3/c1-23-16(22)11-4-2-10(3-5-11)8-20-9-19-13-7-18-14(17)6-12(13)15(20)21/h2-7,9H,8H2,1H3. The Morgan fingerprint density at radius 2 is 2.00 bits per heavy atom. The van der Waals surface area contributed by atoms with Gasteiger partial charge < -0.3 is 4.74 Å². The monoisotopic (exact) mass is 421 g/mol. The molecular weight excluding hydrogens is 409 g/mol. The molecule has 3 aromatic rings. The molecule has 6 nitrogen and oxygen atoms in total. The van der Waals surface area contributed by atoms with Crippen LogP contribution < -0.4 is 5.56 Å². The highest BCUT2D eigenvalue weighted by Crippen LogP contribution is 2.10. The maximum atomic E-state index is 12.5. The van der Waals surface area contributed by atoms with Gasteiger partial charge in [-0.15, -0.1) is 0 Å². The van der Waals surface area contributed by atoms with Gasteiger partial charge >= 0.3 is 5.97 Å². The van der Waals surface area contributed by atoms with Gasteiger partial charge in [0.1, 0.15) is 3.70 Å². The van der Waals surface area contributed by atoms with E-state index in [9.17, 15) is 9.59 Å². The van der Waals surface area contributed by atoms with Crippen LogP contribution in [-0.4, -0.2) is 27.6 Å². The van der Waals surface area contributed by atoms with Gasteiger partial charge in [0.05, 0.1) is 42.6 Å². The summed E-state index contributed by atoms with van der Waals surface area (Å²) in [6.07, 6.45) is 3.10. The molecule has 0 aliphatic rings. The van der Waals surface area contributed by atoms with Gasteiger partial charge in [0, 0.05) is 0 Å². The van der Waals surface area contributed by atoms with Crippen molar-refractivity contribution in [3.05, 3.63) is 68.0 Å². The summed E-state index contributed by atoms with van der Waals surface area (Å²) in [5, 5.41) is 0.540. The zero-order valence-electron chi connectivity index (χ0n) is 12.2. The van der Waals surface area contributed by atoms with Crippen LogP contribution in [0.2, 0.25) is 0 Å². The minimum atomic E-state index is -0.386. The van der Waals surface area contributed by atoms with Gasteiger partial charge in [0.25, 0.3) is 5.56 Å². The molecule has 0 spiro atoms. The maximum absolute atomic E-state index is 12.5. The number of methoxy groups -OCH3 is 1. The molecule has 116 valence electrons. The minimum Gasteiger partial charge on any atom is -0.465 e. The Kier molecular flexibility index (Phi) is 4.37. The van der Waals surface area contributed by atoms with Crippen molar-refractivity contribution in [3.63, 3.8) is 0 Å². The van der Waals surface area contributed by atoms with Crippen LogP contribution in [0.3, 0.4) is 0 Å². The summed E-state index contributed by atoms with van der Waals surface area (Å²) < 4.78 is 6.94. The van der Waals surface area contributed by atoms with E-state index in [1.807, 2.05) is 0 Å². The molecule has 0 fully saturated rings. The van der Waals surface area contributed by atoms with Crippen molar-refractivity contribution in [1.29, 1.82) is 0 Å². The van der Waals surface area contributed by atoms with Gasteiger partial charge in [-0.1, -0.05) is 12.1 Å². The van der Waals surface area contributed by atoms with Crippen LogP contribution in [0.25, 0.3) is 10.9 Å². The summed E-state index contributed by atoms with van der Waals surface area (Å²) in [5.74, 6) is -0.386. The summed E-state index contributed by atoms with van der Waals surface area (Å²) in [5.41, 5.74) is 1.82. The highest BCUT2D eigenvalue weighted by atomic mass is 127. The average Bonchev–Trinajstić information content (AvgIpc) is 2.58. The van der Waals surface area contributed by atoms with E-state index in [0.717, 1.165) is 9.26 Å². The molecular formula is C16H12IN3O3. The van der Waals surface area contributed by atoms with Gasteiger partial charge in [-0.2, -0.15) is 0 Å². The third-order valence-corrected chi connectivity index (χ3v) is 3.99. The number of carbonyl (C=O) groups excluding carboxylic acids is 1. The molecule has 0 unspecified atom stereocenters. The maximum Gasteiger partial charge on any atom is 0.337 e. The normalized spacial score (nSPS) is 10.7. The molecule has 0 radical (unpaired) electrons. The van der Waals surface area contributed by atoms with Gasteiger partial charge in [-0.25, -0.2) is 14.8 Å². The number of ether oxygens (including phenoxy) is 1. The van der Waals surface area contributed by atoms with Crippen LogP contribution in [-0.2, 0) is 11.3 Å². The van der Waals surface area contributed by atoms with E-state index in [4.69, 9.17) is 0 Å². The molecule has 1 aromatic carbocycles. The molecule has 0 atom stereocenters. The second-order valence-corrected chi connectivity index (χ2v) is 6.00. The molecule has 0 amide bonds. The van der Waals surface area contributed by atoms with E-state index in [1.165, 1.54) is 18.0 Å². The third kappa shape index (κ3) is 3.24. The molecule has 2 heterocycles. The Balaban J connectivity index is 1.94. The van der Waals surface area contributed by atoms with Crippen LogP contribution >= 0.6 is 22.6 Å². The highest BCUT2D eigenvalue weighted by Gasteiger charge is 2.08. The predicted molar refractivity (Wildman–Crippen MR) is 93.4 cm³/mol. The topological polar surface area (TPSA) is 74.1 Å². The number of hydrogen-bond acceptors (Lipinski definition) is 5. The molecule has 0 N–H and O–H groups in total. The molecule has 2 aromatic heterocycles. The van der Waals surface area contributed by atoms with Crippen molar-refractivity contribution in [2.45, 2.75) is 6.54 Å². The number of benzene rings is 1. The van der Waals surface area contributed by atoms with Crippen molar-refractivity contribution >= 4 is 39.5 Å². The summed E-state index contributed by atoms with van der Waals surface area (Å²) in [6.45, 7) is 0.377. The predicted octanol–water partition coefficient (Wildman–Crippen LogP) is 2.23. The zero-order valence-corrected chi connectivity index (χ0v) is 14.4. The lowest BCUT2D eigenvalue weighted by atomic mass is 10.1. The molecule has 23 heavy (non-hydrogen) atoms. The van der Waals surface area contributed by atoms with E-state index in [-0.39, 0.29) is 11.5 Å². The van der Waals surface area contributed by atoms with Crippen molar-refractivity contribution in [1.82, 2.24) is 14.5 Å². The molecule has 0 aliphatic heterocycles. The van der Waals surface area contributed by atoms with E-state index >= 15 is 0 Å². The van der Waals surface area contributed by atoms with Gasteiger partial charge in [-0.05, 0) is 46.4 Å². The lowest BCUT2D eigenvalue weighted by Crippen LogP contribution is -2.21. The number of nitrogens with zero attached hydrogens (tertiary/aromatic N) is 3. The highest BCUT2D eigenvalue weighted by molar-refractivity contribution is 14.1. The summed E-state index contributed by atoms with van der Waals surface area (Å²) >= 11 is 2.06. The van der Waals surface area contributed by atoms with Crippen LogP contribution in [0.15, 0.2) is 47.7 Å². The Hall–Kier alpha value is -2.29. The van der Waals surface area contributed by atoms with Crippen molar-refractivity contribution < 1.29 is 9.53 Å². The first-order valence-corrected chi connectivity index (χ1v) is 7.84. The fourth-order valence-corrected chi connectivity index (χ4v) is 2.66. The summed E-state index contributed by atoms with van der Waals surface area (Å²) in [6, 6.07) is 8.65. The molecule has 0 bridgehead atoms. The van der Waals surface area contributed by atoms with E-state index in [1.54, 1.807) is 36.5 Å². The first-order chi connectivity index (χ1) is 11.1. The van der Waals surface area contributed by atoms with E-state index in [2.05, 4.69) is 37.3 Å². The molecule has 0 saturated heterocycles. The minimum absolute atomic E-state index is 0.118.